The number of rotatable bonds is 3. The molecule has 0 unspecified atom stereocenters. The van der Waals surface area contributed by atoms with Gasteiger partial charge in [0.2, 0.25) is 0 Å². The highest BCUT2D eigenvalue weighted by atomic mass is 16.2. The molecule has 0 fully saturated rings. The molecule has 0 aliphatic heterocycles. The lowest BCUT2D eigenvalue weighted by atomic mass is 10.2. The van der Waals surface area contributed by atoms with Gasteiger partial charge in [-0.15, -0.1) is 0 Å². The Morgan fingerprint density at radius 1 is 1.05 bits per heavy atom. The molecule has 0 aliphatic rings. The zero-order chi connectivity index (χ0) is 14.2. The molecule has 6 heteroatoms. The highest BCUT2D eigenvalue weighted by molar-refractivity contribution is 5.96. The van der Waals surface area contributed by atoms with Crippen LogP contribution in [0.3, 0.4) is 0 Å². The Balaban J connectivity index is 1.84. The number of hydrogen-bond acceptors (Lipinski definition) is 4. The Morgan fingerprint density at radius 2 is 1.85 bits per heavy atom. The first-order valence-corrected chi connectivity index (χ1v) is 5.85. The Labute approximate surface area is 115 Å². The van der Waals surface area contributed by atoms with Crippen LogP contribution in [0.4, 0.5) is 0 Å². The molecule has 0 aliphatic carbocycles. The first-order valence-electron chi connectivity index (χ1n) is 5.85. The van der Waals surface area contributed by atoms with Crippen LogP contribution in [0.2, 0.25) is 0 Å². The smallest absolute Gasteiger partial charge is 0.268 e. The largest absolute Gasteiger partial charge is 0.289 e. The van der Waals surface area contributed by atoms with Gasteiger partial charge in [0.05, 0.1) is 6.20 Å². The fraction of sp³-hybridized carbons (Fsp3) is 0. The summed E-state index contributed by atoms with van der Waals surface area (Å²) in [5.74, 6) is -0.967. The van der Waals surface area contributed by atoms with E-state index < -0.39 is 11.8 Å². The minimum atomic E-state index is -0.528. The number of nitrogens with one attached hydrogen (secondary N) is 2. The summed E-state index contributed by atoms with van der Waals surface area (Å²) in [6.07, 6.45) is 7.13. The van der Waals surface area contributed by atoms with Crippen LogP contribution in [0.5, 0.6) is 0 Å². The summed E-state index contributed by atoms with van der Waals surface area (Å²) in [5.41, 5.74) is 5.52. The minimum Gasteiger partial charge on any atom is -0.268 e. The van der Waals surface area contributed by atoms with Gasteiger partial charge in [-0.3, -0.25) is 25.4 Å². The van der Waals surface area contributed by atoms with E-state index in [4.69, 9.17) is 0 Å². The minimum absolute atomic E-state index is 0.125. The predicted molar refractivity (Wildman–Crippen MR) is 73.1 cm³/mol. The first-order chi connectivity index (χ1) is 9.75. The SMILES string of the molecule is O=C(/C=C/c1ccccc1)NNC(=O)c1cnccn1. The van der Waals surface area contributed by atoms with Gasteiger partial charge in [0, 0.05) is 18.5 Å². The van der Waals surface area contributed by atoms with Crippen molar-refractivity contribution in [3.63, 3.8) is 0 Å². The molecular formula is C14H12N4O2. The molecule has 0 spiro atoms. The van der Waals surface area contributed by atoms with Gasteiger partial charge in [-0.25, -0.2) is 4.98 Å². The van der Waals surface area contributed by atoms with Crippen LogP contribution in [-0.2, 0) is 4.79 Å². The maximum Gasteiger partial charge on any atom is 0.289 e. The third kappa shape index (κ3) is 4.02. The van der Waals surface area contributed by atoms with Gasteiger partial charge < -0.3 is 0 Å². The fourth-order valence-electron chi connectivity index (χ4n) is 1.38. The monoisotopic (exact) mass is 268 g/mol. The number of hydrazine groups is 1. The van der Waals surface area contributed by atoms with Crippen molar-refractivity contribution in [3.8, 4) is 0 Å². The van der Waals surface area contributed by atoms with Gasteiger partial charge in [0.25, 0.3) is 11.8 Å². The quantitative estimate of drug-likeness (QED) is 0.641. The average Bonchev–Trinajstić information content (AvgIpc) is 2.52. The lowest BCUT2D eigenvalue weighted by molar-refractivity contribution is -0.117. The molecule has 2 rings (SSSR count). The van der Waals surface area contributed by atoms with Gasteiger partial charge >= 0.3 is 0 Å². The Morgan fingerprint density at radius 3 is 2.55 bits per heavy atom. The van der Waals surface area contributed by atoms with Crippen LogP contribution in [0.25, 0.3) is 6.08 Å². The van der Waals surface area contributed by atoms with E-state index >= 15 is 0 Å². The summed E-state index contributed by atoms with van der Waals surface area (Å²) >= 11 is 0. The maximum absolute atomic E-state index is 11.6. The average molecular weight is 268 g/mol. The molecule has 1 aromatic heterocycles. The van der Waals surface area contributed by atoms with E-state index in [0.29, 0.717) is 0 Å². The molecule has 2 amide bonds. The van der Waals surface area contributed by atoms with E-state index in [1.165, 1.54) is 24.7 Å². The lowest BCUT2D eigenvalue weighted by Crippen LogP contribution is -2.41. The molecule has 0 radical (unpaired) electrons. The normalized spacial score (nSPS) is 10.2. The predicted octanol–water partition coefficient (Wildman–Crippen LogP) is 0.951. The van der Waals surface area contributed by atoms with Crippen molar-refractivity contribution >= 4 is 17.9 Å². The van der Waals surface area contributed by atoms with Crippen LogP contribution >= 0.6 is 0 Å². The zero-order valence-corrected chi connectivity index (χ0v) is 10.5. The highest BCUT2D eigenvalue weighted by Crippen LogP contribution is 2.00. The van der Waals surface area contributed by atoms with E-state index in [2.05, 4.69) is 20.8 Å². The molecule has 1 aromatic carbocycles. The number of hydrogen-bond donors (Lipinski definition) is 2. The summed E-state index contributed by atoms with van der Waals surface area (Å²) in [7, 11) is 0. The molecule has 0 bridgehead atoms. The molecule has 6 nitrogen and oxygen atoms in total. The molecule has 1 heterocycles. The molecule has 2 aromatic rings. The second-order valence-electron chi connectivity index (χ2n) is 3.78. The second-order valence-corrected chi connectivity index (χ2v) is 3.78. The molecule has 0 saturated carbocycles. The van der Waals surface area contributed by atoms with Crippen molar-refractivity contribution in [2.45, 2.75) is 0 Å². The van der Waals surface area contributed by atoms with Crippen molar-refractivity contribution in [2.75, 3.05) is 0 Å². The van der Waals surface area contributed by atoms with Crippen molar-refractivity contribution in [2.24, 2.45) is 0 Å². The highest BCUT2D eigenvalue weighted by Gasteiger charge is 2.06. The second kappa shape index (κ2) is 6.79. The number of amides is 2. The summed E-state index contributed by atoms with van der Waals surface area (Å²) in [5, 5.41) is 0. The van der Waals surface area contributed by atoms with Gasteiger partial charge in [0.15, 0.2) is 0 Å². The molecular weight excluding hydrogens is 256 g/mol. The summed E-state index contributed by atoms with van der Waals surface area (Å²) in [6, 6.07) is 9.35. The Kier molecular flexibility index (Phi) is 4.55. The van der Waals surface area contributed by atoms with E-state index in [9.17, 15) is 9.59 Å². The zero-order valence-electron chi connectivity index (χ0n) is 10.5. The summed E-state index contributed by atoms with van der Waals surface area (Å²) in [4.78, 5) is 30.6. The molecule has 100 valence electrons. The van der Waals surface area contributed by atoms with Gasteiger partial charge in [-0.2, -0.15) is 0 Å². The number of aromatic nitrogens is 2. The Hall–Kier alpha value is -3.02. The lowest BCUT2D eigenvalue weighted by Gasteiger charge is -2.03. The van der Waals surface area contributed by atoms with Crippen LogP contribution in [0, 0.1) is 0 Å². The fourth-order valence-corrected chi connectivity index (χ4v) is 1.38. The van der Waals surface area contributed by atoms with Gasteiger partial charge in [-0.05, 0) is 11.6 Å². The van der Waals surface area contributed by atoms with E-state index in [-0.39, 0.29) is 5.69 Å². The molecule has 0 saturated heterocycles. The third-order valence-corrected chi connectivity index (χ3v) is 2.32. The van der Waals surface area contributed by atoms with Crippen molar-refractivity contribution < 1.29 is 9.59 Å². The topological polar surface area (TPSA) is 84.0 Å². The first kappa shape index (κ1) is 13.4. The van der Waals surface area contributed by atoms with Crippen molar-refractivity contribution in [3.05, 3.63) is 66.3 Å². The van der Waals surface area contributed by atoms with Crippen LogP contribution in [-0.4, -0.2) is 21.8 Å². The number of benzene rings is 1. The van der Waals surface area contributed by atoms with Gasteiger partial charge in [-0.1, -0.05) is 30.3 Å². The standard InChI is InChI=1S/C14H12N4O2/c19-13(7-6-11-4-2-1-3-5-11)17-18-14(20)12-10-15-8-9-16-12/h1-10H,(H,17,19)(H,18,20)/b7-6+. The van der Waals surface area contributed by atoms with E-state index in [1.807, 2.05) is 30.3 Å². The van der Waals surface area contributed by atoms with Crippen LogP contribution < -0.4 is 10.9 Å². The number of nitrogens with zero attached hydrogens (tertiary/aromatic N) is 2. The summed E-state index contributed by atoms with van der Waals surface area (Å²) < 4.78 is 0. The maximum atomic E-state index is 11.6. The van der Waals surface area contributed by atoms with E-state index in [1.54, 1.807) is 6.08 Å². The van der Waals surface area contributed by atoms with Crippen LogP contribution in [0.15, 0.2) is 55.0 Å². The summed E-state index contributed by atoms with van der Waals surface area (Å²) in [6.45, 7) is 0. The van der Waals surface area contributed by atoms with Crippen LogP contribution in [0.1, 0.15) is 16.1 Å². The van der Waals surface area contributed by atoms with E-state index in [0.717, 1.165) is 5.56 Å². The number of carbonyl (C=O) groups excluding carboxylic acids is 2. The van der Waals surface area contributed by atoms with Crippen molar-refractivity contribution in [1.29, 1.82) is 0 Å². The Bertz CT molecular complexity index is 612. The van der Waals surface area contributed by atoms with Crippen molar-refractivity contribution in [1.82, 2.24) is 20.8 Å². The molecule has 0 atom stereocenters. The molecule has 2 N–H and O–H groups in total. The number of carbonyl (C=O) groups is 2. The van der Waals surface area contributed by atoms with Gasteiger partial charge in [0.1, 0.15) is 5.69 Å². The third-order valence-electron chi connectivity index (χ3n) is 2.32. The molecule has 20 heavy (non-hydrogen) atoms.